The molecule has 2 unspecified atom stereocenters. The summed E-state index contributed by atoms with van der Waals surface area (Å²) in [4.78, 5) is 14.8. The number of ketones is 1. The van der Waals surface area contributed by atoms with Crippen molar-refractivity contribution in [1.29, 1.82) is 0 Å². The number of allylic oxidation sites excluding steroid dienone is 1. The molecule has 0 spiro atoms. The molecule has 0 heterocycles. The highest BCUT2D eigenvalue weighted by molar-refractivity contribution is 5.87. The molecule has 0 aliphatic carbocycles. The van der Waals surface area contributed by atoms with Gasteiger partial charge in [0.25, 0.3) is 0 Å². The molecule has 182 valence electrons. The van der Waals surface area contributed by atoms with Gasteiger partial charge < -0.3 is 10.6 Å². The monoisotopic (exact) mass is 462 g/mol. The summed E-state index contributed by atoms with van der Waals surface area (Å²) in [5, 5.41) is 0. The van der Waals surface area contributed by atoms with Crippen molar-refractivity contribution in [2.24, 2.45) is 11.7 Å². The minimum Gasteiger partial charge on any atom is -0.344 e. The molecule has 2 N–H and O–H groups in total. The molecule has 0 aliphatic rings. The fourth-order valence-electron chi connectivity index (χ4n) is 4.10. The van der Waals surface area contributed by atoms with E-state index >= 15 is 0 Å². The zero-order chi connectivity index (χ0) is 25.3. The van der Waals surface area contributed by atoms with Gasteiger partial charge in [0.1, 0.15) is 5.82 Å². The van der Waals surface area contributed by atoms with Crippen LogP contribution in [0.1, 0.15) is 64.1 Å². The summed E-state index contributed by atoms with van der Waals surface area (Å²) in [7, 11) is 0. The molecule has 0 saturated heterocycles. The van der Waals surface area contributed by atoms with E-state index < -0.39 is 5.54 Å². The van der Waals surface area contributed by atoms with Crippen molar-refractivity contribution in [2.75, 3.05) is 0 Å². The van der Waals surface area contributed by atoms with Crippen LogP contribution < -0.4 is 5.73 Å². The predicted molar refractivity (Wildman–Crippen MR) is 141 cm³/mol. The Hall–Kier alpha value is -2.98. The molecule has 0 bridgehead atoms. The number of hydrogen-bond donors (Lipinski definition) is 1. The van der Waals surface area contributed by atoms with Gasteiger partial charge in [0.2, 0.25) is 0 Å². The number of hydrogen-bond acceptors (Lipinski definition) is 3. The molecule has 4 heteroatoms. The molecule has 0 saturated carbocycles. The van der Waals surface area contributed by atoms with Crippen molar-refractivity contribution in [1.82, 2.24) is 4.90 Å². The van der Waals surface area contributed by atoms with Crippen LogP contribution >= 0.6 is 0 Å². The van der Waals surface area contributed by atoms with Crippen molar-refractivity contribution in [3.63, 3.8) is 0 Å². The fourth-order valence-corrected chi connectivity index (χ4v) is 4.10. The number of nitrogens with zero attached hydrogens (tertiary/aromatic N) is 1. The first-order valence-electron chi connectivity index (χ1n) is 11.9. The fraction of sp³-hybridized carbons (Fsp3) is 0.367. The van der Waals surface area contributed by atoms with Crippen molar-refractivity contribution in [2.45, 2.75) is 65.0 Å². The summed E-state index contributed by atoms with van der Waals surface area (Å²) < 4.78 is 13.5. The number of Topliss-reactive ketones (excluding diaryl/α,β-unsaturated/α-hetero) is 1. The smallest absolute Gasteiger partial charge is 0.152 e. The lowest BCUT2D eigenvalue weighted by Gasteiger charge is -2.31. The van der Waals surface area contributed by atoms with E-state index in [0.717, 1.165) is 36.0 Å². The average Bonchev–Trinajstić information content (AvgIpc) is 2.78. The van der Waals surface area contributed by atoms with Gasteiger partial charge in [-0.3, -0.25) is 4.79 Å². The zero-order valence-corrected chi connectivity index (χ0v) is 21.1. The highest BCUT2D eigenvalue weighted by atomic mass is 19.1. The summed E-state index contributed by atoms with van der Waals surface area (Å²) >= 11 is 0. The lowest BCUT2D eigenvalue weighted by Crippen LogP contribution is -2.42. The van der Waals surface area contributed by atoms with Gasteiger partial charge in [-0.15, -0.1) is 0 Å². The molecule has 0 aromatic heterocycles. The SMILES string of the molecule is C=CN(/C=C(\C)C(CCCc1ccccc1)CC(=O)C(C)(C)N)C(C(=C)C)c1ccc(F)cc1. The Morgan fingerprint density at radius 3 is 2.26 bits per heavy atom. The van der Waals surface area contributed by atoms with Crippen LogP contribution in [0.4, 0.5) is 4.39 Å². The van der Waals surface area contributed by atoms with E-state index in [-0.39, 0.29) is 23.6 Å². The summed E-state index contributed by atoms with van der Waals surface area (Å²) in [5.74, 6) is -0.173. The number of halogens is 1. The van der Waals surface area contributed by atoms with E-state index in [1.54, 1.807) is 32.2 Å². The lowest BCUT2D eigenvalue weighted by atomic mass is 9.84. The highest BCUT2D eigenvalue weighted by Gasteiger charge is 2.26. The van der Waals surface area contributed by atoms with Crippen LogP contribution in [0.2, 0.25) is 0 Å². The Balaban J connectivity index is 2.28. The van der Waals surface area contributed by atoms with Crippen LogP contribution in [-0.4, -0.2) is 16.2 Å². The van der Waals surface area contributed by atoms with E-state index in [4.69, 9.17) is 5.73 Å². The molecule has 2 aromatic rings. The lowest BCUT2D eigenvalue weighted by molar-refractivity contribution is -0.123. The predicted octanol–water partition coefficient (Wildman–Crippen LogP) is 7.13. The van der Waals surface area contributed by atoms with Crippen molar-refractivity contribution >= 4 is 5.78 Å². The molecule has 3 nitrogen and oxygen atoms in total. The summed E-state index contributed by atoms with van der Waals surface area (Å²) in [6.07, 6.45) is 6.98. The molecular weight excluding hydrogens is 423 g/mol. The van der Waals surface area contributed by atoms with Gasteiger partial charge in [0.15, 0.2) is 5.78 Å². The normalized spacial score (nSPS) is 13.8. The first kappa shape index (κ1) is 27.3. The number of nitrogens with two attached hydrogens (primary N) is 1. The Labute approximate surface area is 204 Å². The Morgan fingerprint density at radius 2 is 1.74 bits per heavy atom. The molecular formula is C30H39FN2O. The van der Waals surface area contributed by atoms with Crippen LogP contribution in [0, 0.1) is 11.7 Å². The van der Waals surface area contributed by atoms with Crippen molar-refractivity contribution < 1.29 is 9.18 Å². The molecule has 2 atom stereocenters. The van der Waals surface area contributed by atoms with Gasteiger partial charge >= 0.3 is 0 Å². The van der Waals surface area contributed by atoms with E-state index in [0.29, 0.717) is 6.42 Å². The van der Waals surface area contributed by atoms with Crippen molar-refractivity contribution in [3.05, 3.63) is 108 Å². The van der Waals surface area contributed by atoms with Gasteiger partial charge in [-0.25, -0.2) is 4.39 Å². The number of rotatable bonds is 13. The van der Waals surface area contributed by atoms with Crippen LogP contribution in [0.15, 0.2) is 91.3 Å². The second kappa shape index (κ2) is 12.5. The van der Waals surface area contributed by atoms with E-state index in [1.807, 2.05) is 36.2 Å². The summed E-state index contributed by atoms with van der Waals surface area (Å²) in [5.41, 5.74) is 9.46. The zero-order valence-electron chi connectivity index (χ0n) is 21.1. The van der Waals surface area contributed by atoms with E-state index in [9.17, 15) is 9.18 Å². The Morgan fingerprint density at radius 1 is 1.12 bits per heavy atom. The van der Waals surface area contributed by atoms with Crippen LogP contribution in [0.5, 0.6) is 0 Å². The third kappa shape index (κ3) is 8.11. The second-order valence-corrected chi connectivity index (χ2v) is 9.73. The Bertz CT molecular complexity index is 987. The molecule has 2 rings (SSSR count). The maximum atomic E-state index is 13.5. The summed E-state index contributed by atoms with van der Waals surface area (Å²) in [6, 6.07) is 16.6. The maximum Gasteiger partial charge on any atom is 0.152 e. The first-order valence-corrected chi connectivity index (χ1v) is 11.9. The average molecular weight is 463 g/mol. The quantitative estimate of drug-likeness (QED) is 0.322. The molecule has 0 aliphatic heterocycles. The van der Waals surface area contributed by atoms with E-state index in [2.05, 4.69) is 32.2 Å². The van der Waals surface area contributed by atoms with Crippen LogP contribution in [0.3, 0.4) is 0 Å². The van der Waals surface area contributed by atoms with Gasteiger partial charge in [-0.05, 0) is 82.3 Å². The minimum atomic E-state index is -0.871. The maximum absolute atomic E-state index is 13.5. The minimum absolute atomic E-state index is 0.0464. The third-order valence-electron chi connectivity index (χ3n) is 6.17. The topological polar surface area (TPSA) is 46.3 Å². The van der Waals surface area contributed by atoms with Crippen molar-refractivity contribution in [3.8, 4) is 0 Å². The van der Waals surface area contributed by atoms with Gasteiger partial charge in [-0.1, -0.05) is 66.8 Å². The van der Waals surface area contributed by atoms with E-state index in [1.165, 1.54) is 17.7 Å². The van der Waals surface area contributed by atoms with Gasteiger partial charge in [0.05, 0.1) is 11.6 Å². The molecule has 0 amide bonds. The number of aryl methyl sites for hydroxylation is 1. The van der Waals surface area contributed by atoms with Crippen LogP contribution in [0.25, 0.3) is 0 Å². The molecule has 0 fully saturated rings. The summed E-state index contributed by atoms with van der Waals surface area (Å²) in [6.45, 7) is 15.7. The second-order valence-electron chi connectivity index (χ2n) is 9.73. The Kier molecular flexibility index (Phi) is 10.0. The third-order valence-corrected chi connectivity index (χ3v) is 6.17. The number of carbonyl (C=O) groups excluding carboxylic acids is 1. The first-order chi connectivity index (χ1) is 16.0. The van der Waals surface area contributed by atoms with Gasteiger partial charge in [-0.2, -0.15) is 0 Å². The number of carbonyl (C=O) groups is 1. The largest absolute Gasteiger partial charge is 0.344 e. The number of benzene rings is 2. The van der Waals surface area contributed by atoms with Crippen LogP contribution in [-0.2, 0) is 11.2 Å². The highest BCUT2D eigenvalue weighted by Crippen LogP contribution is 2.31. The molecule has 0 radical (unpaired) electrons. The van der Waals surface area contributed by atoms with Gasteiger partial charge in [0, 0.05) is 12.6 Å². The molecule has 2 aromatic carbocycles. The standard InChI is InChI=1S/C30H39FN2O/c1-7-33(29(22(2)3)25-16-18-27(31)19-17-25)21-23(4)26(20-28(34)30(5,6)32)15-11-14-24-12-9-8-10-13-24/h7-10,12-13,16-19,21,26,29H,1-2,11,14-15,20,32H2,3-6H3/b23-21+. The molecule has 34 heavy (non-hydrogen) atoms.